The summed E-state index contributed by atoms with van der Waals surface area (Å²) in [5.41, 5.74) is 0. The molecule has 128 valence electrons. The number of nitrogens with zero attached hydrogens (tertiary/aromatic N) is 1. The van der Waals surface area contributed by atoms with Gasteiger partial charge in [0.15, 0.2) is 11.5 Å². The number of benzene rings is 1. The SMILES string of the molecule is CCC(C(=O)O)N1CCC(Oc2c(OC)cccc2OC)CC1. The van der Waals surface area contributed by atoms with Gasteiger partial charge in [0.1, 0.15) is 12.1 Å². The molecule has 0 amide bonds. The van der Waals surface area contributed by atoms with Gasteiger partial charge in [-0.05, 0) is 31.4 Å². The molecule has 0 saturated carbocycles. The zero-order valence-electron chi connectivity index (χ0n) is 13.9. The van der Waals surface area contributed by atoms with Crippen molar-refractivity contribution < 1.29 is 24.1 Å². The molecule has 1 atom stereocenters. The molecule has 6 nitrogen and oxygen atoms in total. The maximum absolute atomic E-state index is 11.3. The molecule has 1 aliphatic rings. The number of carboxylic acids is 1. The lowest BCUT2D eigenvalue weighted by Crippen LogP contribution is -2.47. The number of carbonyl (C=O) groups is 1. The van der Waals surface area contributed by atoms with Gasteiger partial charge in [0, 0.05) is 13.1 Å². The van der Waals surface area contributed by atoms with Gasteiger partial charge in [-0.3, -0.25) is 9.69 Å². The molecule has 1 unspecified atom stereocenters. The summed E-state index contributed by atoms with van der Waals surface area (Å²) in [5, 5.41) is 9.26. The number of rotatable bonds is 7. The number of hydrogen-bond donors (Lipinski definition) is 1. The van der Waals surface area contributed by atoms with Crippen LogP contribution in [-0.4, -0.2) is 55.4 Å². The van der Waals surface area contributed by atoms with E-state index < -0.39 is 12.0 Å². The molecule has 1 aromatic rings. The molecule has 23 heavy (non-hydrogen) atoms. The van der Waals surface area contributed by atoms with E-state index in [-0.39, 0.29) is 6.10 Å². The number of carboxylic acid groups (broad SMARTS) is 1. The molecular weight excluding hydrogens is 298 g/mol. The van der Waals surface area contributed by atoms with Crippen molar-refractivity contribution in [2.45, 2.75) is 38.3 Å². The highest BCUT2D eigenvalue weighted by atomic mass is 16.5. The van der Waals surface area contributed by atoms with Crippen LogP contribution in [0, 0.1) is 0 Å². The highest BCUT2D eigenvalue weighted by molar-refractivity contribution is 5.73. The quantitative estimate of drug-likeness (QED) is 0.831. The van der Waals surface area contributed by atoms with E-state index in [0.29, 0.717) is 36.8 Å². The molecular formula is C17H25NO5. The Morgan fingerprint density at radius 3 is 2.26 bits per heavy atom. The van der Waals surface area contributed by atoms with Crippen LogP contribution >= 0.6 is 0 Å². The third-order valence-corrected chi connectivity index (χ3v) is 4.26. The van der Waals surface area contributed by atoms with Crippen LogP contribution in [0.1, 0.15) is 26.2 Å². The Morgan fingerprint density at radius 2 is 1.83 bits per heavy atom. The van der Waals surface area contributed by atoms with Crippen LogP contribution in [0.5, 0.6) is 17.2 Å². The fourth-order valence-corrected chi connectivity index (χ4v) is 2.99. The summed E-state index contributed by atoms with van der Waals surface area (Å²) in [7, 11) is 3.20. The van der Waals surface area contributed by atoms with E-state index in [9.17, 15) is 9.90 Å². The molecule has 6 heteroatoms. The molecule has 1 saturated heterocycles. The van der Waals surface area contributed by atoms with Crippen LogP contribution in [0.4, 0.5) is 0 Å². The van der Waals surface area contributed by atoms with Crippen molar-refractivity contribution in [3.05, 3.63) is 18.2 Å². The average Bonchev–Trinajstić information content (AvgIpc) is 2.57. The third kappa shape index (κ3) is 4.07. The van der Waals surface area contributed by atoms with Crippen molar-refractivity contribution in [1.82, 2.24) is 4.90 Å². The summed E-state index contributed by atoms with van der Waals surface area (Å²) < 4.78 is 16.8. The van der Waals surface area contributed by atoms with Crippen molar-refractivity contribution in [2.24, 2.45) is 0 Å². The first-order valence-electron chi connectivity index (χ1n) is 7.95. The number of hydrogen-bond acceptors (Lipinski definition) is 5. The molecule has 1 fully saturated rings. The molecule has 0 aromatic heterocycles. The van der Waals surface area contributed by atoms with E-state index in [2.05, 4.69) is 0 Å². The minimum atomic E-state index is -0.752. The largest absolute Gasteiger partial charge is 0.493 e. The average molecular weight is 323 g/mol. The Balaban J connectivity index is 2.01. The number of piperidine rings is 1. The minimum Gasteiger partial charge on any atom is -0.493 e. The Hall–Kier alpha value is -1.95. The van der Waals surface area contributed by atoms with Crippen molar-refractivity contribution >= 4 is 5.97 Å². The molecule has 1 N–H and O–H groups in total. The second-order valence-electron chi connectivity index (χ2n) is 5.61. The highest BCUT2D eigenvalue weighted by Crippen LogP contribution is 2.38. The smallest absolute Gasteiger partial charge is 0.320 e. The topological polar surface area (TPSA) is 68.2 Å². The standard InChI is InChI=1S/C17H25NO5/c1-4-13(17(19)20)18-10-8-12(9-11-18)23-16-14(21-2)6-5-7-15(16)22-3/h5-7,12-13H,4,8-11H2,1-3H3,(H,19,20). The van der Waals surface area contributed by atoms with Gasteiger partial charge in [0.25, 0.3) is 0 Å². The summed E-state index contributed by atoms with van der Waals surface area (Å²) in [5.74, 6) is 1.15. The van der Waals surface area contributed by atoms with Gasteiger partial charge >= 0.3 is 5.97 Å². The maximum Gasteiger partial charge on any atom is 0.320 e. The van der Waals surface area contributed by atoms with E-state index >= 15 is 0 Å². The van der Waals surface area contributed by atoms with Gasteiger partial charge in [-0.2, -0.15) is 0 Å². The lowest BCUT2D eigenvalue weighted by atomic mass is 10.0. The summed E-state index contributed by atoms with van der Waals surface area (Å²) in [6, 6.07) is 5.12. The predicted molar refractivity (Wildman–Crippen MR) is 86.5 cm³/mol. The van der Waals surface area contributed by atoms with Gasteiger partial charge in [-0.1, -0.05) is 13.0 Å². The highest BCUT2D eigenvalue weighted by Gasteiger charge is 2.29. The second kappa shape index (κ2) is 8.06. The second-order valence-corrected chi connectivity index (χ2v) is 5.61. The first kappa shape index (κ1) is 17.4. The van der Waals surface area contributed by atoms with Crippen LogP contribution in [0.15, 0.2) is 18.2 Å². The van der Waals surface area contributed by atoms with E-state index in [1.165, 1.54) is 0 Å². The molecule has 0 bridgehead atoms. The zero-order valence-corrected chi connectivity index (χ0v) is 13.9. The van der Waals surface area contributed by atoms with Crippen molar-refractivity contribution in [1.29, 1.82) is 0 Å². The van der Waals surface area contributed by atoms with Crippen LogP contribution in [-0.2, 0) is 4.79 Å². The summed E-state index contributed by atoms with van der Waals surface area (Å²) in [4.78, 5) is 13.3. The van der Waals surface area contributed by atoms with Gasteiger partial charge in [0.05, 0.1) is 14.2 Å². The van der Waals surface area contributed by atoms with Crippen LogP contribution in [0.3, 0.4) is 0 Å². The number of ether oxygens (including phenoxy) is 3. The molecule has 0 radical (unpaired) electrons. The van der Waals surface area contributed by atoms with Gasteiger partial charge < -0.3 is 19.3 Å². The lowest BCUT2D eigenvalue weighted by Gasteiger charge is -2.35. The van der Waals surface area contributed by atoms with Gasteiger partial charge in [-0.25, -0.2) is 0 Å². The molecule has 0 spiro atoms. The van der Waals surface area contributed by atoms with Crippen LogP contribution in [0.2, 0.25) is 0 Å². The van der Waals surface area contributed by atoms with E-state index in [0.717, 1.165) is 12.8 Å². The van der Waals surface area contributed by atoms with E-state index in [4.69, 9.17) is 14.2 Å². The number of methoxy groups -OCH3 is 2. The van der Waals surface area contributed by atoms with Crippen LogP contribution < -0.4 is 14.2 Å². The Kier molecular flexibility index (Phi) is 6.10. The number of likely N-dealkylation sites (tertiary alicyclic amines) is 1. The minimum absolute atomic E-state index is 0.0303. The molecule has 1 aliphatic heterocycles. The summed E-state index contributed by atoms with van der Waals surface area (Å²) in [6.07, 6.45) is 2.21. The van der Waals surface area contributed by atoms with Crippen LogP contribution in [0.25, 0.3) is 0 Å². The lowest BCUT2D eigenvalue weighted by molar-refractivity contribution is -0.144. The third-order valence-electron chi connectivity index (χ3n) is 4.26. The van der Waals surface area contributed by atoms with Gasteiger partial charge in [-0.15, -0.1) is 0 Å². The van der Waals surface area contributed by atoms with Crippen molar-refractivity contribution in [2.75, 3.05) is 27.3 Å². The maximum atomic E-state index is 11.3. The summed E-state index contributed by atoms with van der Waals surface area (Å²) >= 11 is 0. The zero-order chi connectivity index (χ0) is 16.8. The number of para-hydroxylation sites is 1. The van der Waals surface area contributed by atoms with Crippen molar-refractivity contribution in [3.63, 3.8) is 0 Å². The van der Waals surface area contributed by atoms with Crippen molar-refractivity contribution in [3.8, 4) is 17.2 Å². The fraction of sp³-hybridized carbons (Fsp3) is 0.588. The first-order valence-corrected chi connectivity index (χ1v) is 7.95. The van der Waals surface area contributed by atoms with E-state index in [1.807, 2.05) is 30.0 Å². The fourth-order valence-electron chi connectivity index (χ4n) is 2.99. The molecule has 1 heterocycles. The summed E-state index contributed by atoms with van der Waals surface area (Å²) in [6.45, 7) is 3.33. The molecule has 2 rings (SSSR count). The Labute approximate surface area is 136 Å². The molecule has 1 aromatic carbocycles. The number of aliphatic carboxylic acids is 1. The monoisotopic (exact) mass is 323 g/mol. The van der Waals surface area contributed by atoms with E-state index in [1.54, 1.807) is 14.2 Å². The normalized spacial score (nSPS) is 17.5. The van der Waals surface area contributed by atoms with Gasteiger partial charge in [0.2, 0.25) is 5.75 Å². The Bertz CT molecular complexity index is 503. The predicted octanol–water partition coefficient (Wildman–Crippen LogP) is 2.41. The molecule has 0 aliphatic carbocycles. The first-order chi connectivity index (χ1) is 11.1. The Morgan fingerprint density at radius 1 is 1.26 bits per heavy atom.